The van der Waals surface area contributed by atoms with Gasteiger partial charge < -0.3 is 0 Å². The van der Waals surface area contributed by atoms with Crippen molar-refractivity contribution in [3.63, 3.8) is 0 Å². The van der Waals surface area contributed by atoms with Gasteiger partial charge in [0.15, 0.2) is 11.8 Å². The third-order valence-electron chi connectivity index (χ3n) is 5.64. The Labute approximate surface area is 227 Å². The van der Waals surface area contributed by atoms with E-state index >= 15 is 0 Å². The van der Waals surface area contributed by atoms with E-state index in [1.165, 1.54) is 22.9 Å². The fourth-order valence-corrected chi connectivity index (χ4v) is 5.84. The second-order valence-electron chi connectivity index (χ2n) is 9.48. The number of ether oxygens (including phenoxy) is 1. The summed E-state index contributed by atoms with van der Waals surface area (Å²) in [5, 5.41) is 0. The van der Waals surface area contributed by atoms with Gasteiger partial charge in [-0.15, -0.1) is 4.39 Å². The topological polar surface area (TPSA) is 22.1 Å². The number of hydrogen-bond acceptors (Lipinski definition) is 0. The average Bonchev–Trinajstić information content (AvgIpc) is 3.25. The van der Waals surface area contributed by atoms with Gasteiger partial charge in [-0.3, -0.25) is 0 Å². The number of nitrogens with zero attached hydrogens (tertiary/aromatic N) is 2. The summed E-state index contributed by atoms with van der Waals surface area (Å²) in [6, 6.07) is 19.5. The zero-order valence-corrected chi connectivity index (χ0v) is 24.8. The Morgan fingerprint density at radius 3 is 2.03 bits per heavy atom. The molecule has 1 N–H and O–H groups in total. The van der Waals surface area contributed by atoms with E-state index in [-0.39, 0.29) is 12.1 Å². The van der Waals surface area contributed by atoms with Crippen molar-refractivity contribution < 1.29 is 22.6 Å². The van der Waals surface area contributed by atoms with Crippen molar-refractivity contribution in [1.82, 2.24) is 8.97 Å². The van der Waals surface area contributed by atoms with Crippen molar-refractivity contribution in [2.75, 3.05) is 0 Å². The molecule has 36 heavy (non-hydrogen) atoms. The first kappa shape index (κ1) is 28.5. The van der Waals surface area contributed by atoms with Crippen LogP contribution in [-0.4, -0.2) is 24.4 Å². The minimum absolute atomic E-state index is 0.246. The van der Waals surface area contributed by atoms with Crippen molar-refractivity contribution in [2.24, 2.45) is 0 Å². The van der Waals surface area contributed by atoms with Crippen LogP contribution in [0.1, 0.15) is 70.1 Å². The zero-order valence-electron chi connectivity index (χ0n) is 21.6. The molecule has 0 radical (unpaired) electrons. The number of pyridine rings is 1. The molecule has 4 rings (SSSR count). The van der Waals surface area contributed by atoms with Crippen LogP contribution in [0, 0.1) is 5.95 Å². The van der Waals surface area contributed by atoms with Gasteiger partial charge in [-0.05, 0) is 30.0 Å². The molecule has 0 fully saturated rings. The Balaban J connectivity index is 0.000000223. The number of aromatic hydroxyl groups is 1. The van der Waals surface area contributed by atoms with Crippen molar-refractivity contribution in [3.05, 3.63) is 95.8 Å². The van der Waals surface area contributed by atoms with Gasteiger partial charge in [0, 0.05) is 23.3 Å². The molecule has 0 saturated carbocycles. The molecule has 0 aliphatic heterocycles. The molecule has 0 unspecified atom stereocenters. The number of rotatable bonds is 6. The minimum atomic E-state index is -1.75. The molecule has 0 atom stereocenters. The standard InChI is InChI=1S/C19H22FN2.C10H12O.2ClH.Ru/c1-13(2)16-8-6-9-17(14(3)4)19(16)21-11-15-7-5-10-18(20)22(15)12-21;1-8(2)11-10-7-5-4-6-9(10)3;;;/h5-14H,1-4H3;3-8H,1-2H3;2*1H;/q+1;;;;+2/p-1. The van der Waals surface area contributed by atoms with E-state index in [9.17, 15) is 4.39 Å². The van der Waals surface area contributed by atoms with Crippen molar-refractivity contribution in [3.8, 4) is 11.4 Å². The average molecular weight is 619 g/mol. The van der Waals surface area contributed by atoms with Crippen LogP contribution in [0.25, 0.3) is 11.2 Å². The second kappa shape index (κ2) is 12.9. The summed E-state index contributed by atoms with van der Waals surface area (Å²) in [7, 11) is 11.7. The van der Waals surface area contributed by atoms with Gasteiger partial charge in [0.05, 0.1) is 0 Å². The van der Waals surface area contributed by atoms with Crippen molar-refractivity contribution in [1.29, 1.82) is 0 Å². The zero-order chi connectivity index (χ0) is 26.4. The first-order valence-corrected chi connectivity index (χ1v) is 17.5. The molecule has 7 heteroatoms. The van der Waals surface area contributed by atoms with Gasteiger partial charge in [0.1, 0.15) is 11.9 Å². The number of para-hydroxylation sites is 2. The molecule has 3 nitrogen and oxygen atoms in total. The van der Waals surface area contributed by atoms with Crippen LogP contribution in [0.4, 0.5) is 4.39 Å². The SMILES string of the molecule is CC(C)[OH+]c1ccccc1[CH]=[Ru]([Cl])[Cl].CC(C)c1cccc(C(C)C)c1-n1cc2cccc(F)n2[cH+]1. The number of aliphatic hydroxyl groups is 1. The van der Waals surface area contributed by atoms with E-state index in [4.69, 9.17) is 19.4 Å². The normalized spacial score (nSPS) is 11.6. The molecule has 0 spiro atoms. The van der Waals surface area contributed by atoms with E-state index in [0.29, 0.717) is 11.8 Å². The van der Waals surface area contributed by atoms with Crippen molar-refractivity contribution in [2.45, 2.75) is 59.5 Å². The Bertz CT molecular complexity index is 1320. The summed E-state index contributed by atoms with van der Waals surface area (Å²) >= 11 is -1.75. The molecule has 0 aliphatic rings. The monoisotopic (exact) mass is 618 g/mol. The number of aromatic nitrogens is 2. The van der Waals surface area contributed by atoms with Crippen LogP contribution in [0.15, 0.2) is 73.2 Å². The molecule has 0 bridgehead atoms. The van der Waals surface area contributed by atoms with E-state index in [0.717, 1.165) is 16.8 Å². The summed E-state index contributed by atoms with van der Waals surface area (Å²) in [6.07, 6.45) is 4.12. The van der Waals surface area contributed by atoms with Crippen LogP contribution in [-0.2, 0) is 13.5 Å². The number of imidazole rings is 1. The van der Waals surface area contributed by atoms with E-state index < -0.39 is 13.5 Å². The first-order valence-electron chi connectivity index (χ1n) is 12.0. The Kier molecular flexibility index (Phi) is 10.2. The van der Waals surface area contributed by atoms with Gasteiger partial charge in [-0.2, -0.15) is 4.40 Å². The van der Waals surface area contributed by atoms with Crippen LogP contribution < -0.4 is 0 Å². The fourth-order valence-electron chi connectivity index (χ4n) is 4.02. The summed E-state index contributed by atoms with van der Waals surface area (Å²) in [5.41, 5.74) is 5.65. The summed E-state index contributed by atoms with van der Waals surface area (Å²) in [5.74, 6) is 1.55. The van der Waals surface area contributed by atoms with E-state index in [1.807, 2.05) is 61.3 Å². The minimum Gasteiger partial charge on any atom is -0.206 e. The summed E-state index contributed by atoms with van der Waals surface area (Å²) < 4.78 is 24.0. The van der Waals surface area contributed by atoms with Gasteiger partial charge in [-0.25, -0.2) is 4.57 Å². The van der Waals surface area contributed by atoms with E-state index in [1.54, 1.807) is 10.5 Å². The molecular weight excluding hydrogens is 583 g/mol. The quantitative estimate of drug-likeness (QED) is 0.0892. The molecule has 2 heterocycles. The van der Waals surface area contributed by atoms with E-state index in [2.05, 4.69) is 55.2 Å². The number of fused-ring (bicyclic) bond motifs is 1. The van der Waals surface area contributed by atoms with Crippen LogP contribution >= 0.6 is 19.4 Å². The third kappa shape index (κ3) is 7.25. The second-order valence-corrected chi connectivity index (χ2v) is 15.2. The summed E-state index contributed by atoms with van der Waals surface area (Å²) in [6.45, 7) is 12.9. The number of benzene rings is 2. The van der Waals surface area contributed by atoms with Gasteiger partial charge in [-0.1, -0.05) is 33.8 Å². The van der Waals surface area contributed by atoms with Gasteiger partial charge in [0.2, 0.25) is 0 Å². The number of hydrogen-bond donors (Lipinski definition) is 0. The smallest absolute Gasteiger partial charge is 0.206 e. The molecular formula is C29H35Cl2FN2ORu+2. The van der Waals surface area contributed by atoms with Crippen LogP contribution in [0.2, 0.25) is 0 Å². The molecule has 2 aromatic carbocycles. The molecule has 2 aromatic heterocycles. The molecule has 4 aromatic rings. The first-order chi connectivity index (χ1) is 17.1. The predicted molar refractivity (Wildman–Crippen MR) is 149 cm³/mol. The van der Waals surface area contributed by atoms with Crippen LogP contribution in [0.3, 0.4) is 0 Å². The predicted octanol–water partition coefficient (Wildman–Crippen LogP) is 8.81. The maximum absolute atomic E-state index is 14.0. The molecule has 0 aliphatic carbocycles. The molecule has 0 amide bonds. The van der Waals surface area contributed by atoms with Gasteiger partial charge in [0.25, 0.3) is 5.95 Å². The van der Waals surface area contributed by atoms with Crippen molar-refractivity contribution >= 4 is 29.5 Å². The Morgan fingerprint density at radius 2 is 1.47 bits per heavy atom. The maximum Gasteiger partial charge on any atom is 0.264 e. The van der Waals surface area contributed by atoms with Gasteiger partial charge >= 0.3 is 97.8 Å². The summed E-state index contributed by atoms with van der Waals surface area (Å²) in [4.78, 5) is 0. The Hall–Kier alpha value is -2.07. The fraction of sp³-hybridized carbons (Fsp3) is 0.310. The van der Waals surface area contributed by atoms with Crippen LogP contribution in [0.5, 0.6) is 5.75 Å². The maximum atomic E-state index is 14.0. The Morgan fingerprint density at radius 1 is 0.861 bits per heavy atom. The largest absolute Gasteiger partial charge is 0.264 e. The molecule has 0 saturated heterocycles. The number of halogens is 3. The third-order valence-corrected chi connectivity index (χ3v) is 7.47. The molecule has 194 valence electrons.